The average Bonchev–Trinajstić information content (AvgIpc) is 2.75. The Morgan fingerprint density at radius 3 is 1.60 bits per heavy atom. The van der Waals surface area contributed by atoms with E-state index in [9.17, 15) is 0 Å². The van der Waals surface area contributed by atoms with Crippen LogP contribution in [0.3, 0.4) is 0 Å². The van der Waals surface area contributed by atoms with E-state index in [1.54, 1.807) is 0 Å². The van der Waals surface area contributed by atoms with Crippen molar-refractivity contribution in [3.8, 4) is 0 Å². The Morgan fingerprint density at radius 1 is 0.743 bits per heavy atom. The largest absolute Gasteiger partial charge is 0.414 e. The predicted molar refractivity (Wildman–Crippen MR) is 157 cm³/mol. The van der Waals surface area contributed by atoms with Gasteiger partial charge in [-0.1, -0.05) is 71.9 Å². The maximum Gasteiger partial charge on any atom is 0.192 e. The molecule has 0 spiro atoms. The van der Waals surface area contributed by atoms with Gasteiger partial charge in [-0.15, -0.1) is 0 Å². The van der Waals surface area contributed by atoms with Crippen LogP contribution in [0.1, 0.15) is 72.8 Å². The first kappa shape index (κ1) is 30.7. The molecule has 0 radical (unpaired) electrons. The van der Waals surface area contributed by atoms with Gasteiger partial charge in [0, 0.05) is 31.8 Å². The minimum absolute atomic E-state index is 0.314. The SMILES string of the molecule is CC(C)(C)[Si](C)(C)OC1CCN(Cc2ccccc2)CC1.CC(C)(C)[Si](C)(C)OC1CCNCC1. The molecule has 35 heavy (non-hydrogen) atoms. The first-order valence-corrected chi connectivity index (χ1v) is 19.7. The number of likely N-dealkylation sites (tertiary alicyclic amines) is 1. The molecule has 202 valence electrons. The van der Waals surface area contributed by atoms with Crippen LogP contribution in [0, 0.1) is 0 Å². The van der Waals surface area contributed by atoms with Gasteiger partial charge in [0.1, 0.15) is 0 Å². The zero-order valence-corrected chi connectivity index (χ0v) is 26.7. The Labute approximate surface area is 219 Å². The minimum Gasteiger partial charge on any atom is -0.414 e. The van der Waals surface area contributed by atoms with Gasteiger partial charge >= 0.3 is 0 Å². The first-order valence-electron chi connectivity index (χ1n) is 13.9. The van der Waals surface area contributed by atoms with Crippen LogP contribution in [0.2, 0.25) is 36.3 Å². The van der Waals surface area contributed by atoms with E-state index >= 15 is 0 Å². The standard InChI is InChI=1S/C18H31NOSi.C11H25NOSi/c1-18(2,3)21(4,5)20-17-11-13-19(14-12-17)15-16-9-7-6-8-10-16;1-11(2,3)14(4,5)13-10-6-8-12-9-7-10/h6-10,17H,11-15H2,1-5H3;10,12H,6-9H2,1-5H3. The molecule has 2 aliphatic heterocycles. The summed E-state index contributed by atoms with van der Waals surface area (Å²) >= 11 is 0. The van der Waals surface area contributed by atoms with Gasteiger partial charge in [0.05, 0.1) is 0 Å². The number of benzene rings is 1. The summed E-state index contributed by atoms with van der Waals surface area (Å²) in [6.45, 7) is 28.9. The molecule has 0 amide bonds. The molecule has 1 aromatic rings. The molecule has 0 bridgehead atoms. The van der Waals surface area contributed by atoms with Crippen molar-refractivity contribution in [3.63, 3.8) is 0 Å². The van der Waals surface area contributed by atoms with Crippen LogP contribution in [-0.4, -0.2) is 59.9 Å². The molecule has 3 rings (SSSR count). The summed E-state index contributed by atoms with van der Waals surface area (Å²) in [5.41, 5.74) is 1.42. The van der Waals surface area contributed by atoms with Crippen LogP contribution in [0.15, 0.2) is 30.3 Å². The van der Waals surface area contributed by atoms with Gasteiger partial charge in [0.25, 0.3) is 0 Å². The van der Waals surface area contributed by atoms with Gasteiger partial charge in [0.15, 0.2) is 16.6 Å². The van der Waals surface area contributed by atoms with E-state index in [1.807, 2.05) is 0 Å². The lowest BCUT2D eigenvalue weighted by Crippen LogP contribution is -2.47. The van der Waals surface area contributed by atoms with Gasteiger partial charge in [-0.25, -0.2) is 0 Å². The third-order valence-electron chi connectivity index (χ3n) is 8.60. The Balaban J connectivity index is 0.000000269. The monoisotopic (exact) mass is 520 g/mol. The fourth-order valence-electron chi connectivity index (χ4n) is 4.13. The molecule has 0 unspecified atom stereocenters. The summed E-state index contributed by atoms with van der Waals surface area (Å²) in [5.74, 6) is 0. The smallest absolute Gasteiger partial charge is 0.192 e. The number of nitrogens with zero attached hydrogens (tertiary/aromatic N) is 1. The van der Waals surface area contributed by atoms with E-state index in [1.165, 1.54) is 31.2 Å². The van der Waals surface area contributed by atoms with Crippen LogP contribution in [0.5, 0.6) is 0 Å². The van der Waals surface area contributed by atoms with Crippen molar-refractivity contribution in [2.45, 2.75) is 122 Å². The molecule has 2 fully saturated rings. The fourth-order valence-corrected chi connectivity index (χ4v) is 6.97. The molecule has 6 heteroatoms. The minimum atomic E-state index is -1.61. The highest BCUT2D eigenvalue weighted by Gasteiger charge is 2.40. The average molecular weight is 521 g/mol. The molecule has 1 aromatic carbocycles. The Kier molecular flexibility index (Phi) is 11.3. The van der Waals surface area contributed by atoms with Crippen LogP contribution in [-0.2, 0) is 15.4 Å². The molecule has 2 saturated heterocycles. The lowest BCUT2D eigenvalue weighted by molar-refractivity contribution is 0.0863. The zero-order valence-electron chi connectivity index (χ0n) is 24.7. The van der Waals surface area contributed by atoms with Gasteiger partial charge in [-0.05, 0) is 80.6 Å². The number of nitrogens with one attached hydrogen (secondary N) is 1. The number of hydrogen-bond donors (Lipinski definition) is 1. The maximum absolute atomic E-state index is 6.55. The number of piperidine rings is 2. The van der Waals surface area contributed by atoms with E-state index < -0.39 is 16.6 Å². The second kappa shape index (κ2) is 12.8. The lowest BCUT2D eigenvalue weighted by Gasteiger charge is -2.42. The number of rotatable bonds is 6. The van der Waals surface area contributed by atoms with Crippen LogP contribution in [0.25, 0.3) is 0 Å². The van der Waals surface area contributed by atoms with Gasteiger partial charge in [-0.2, -0.15) is 0 Å². The van der Waals surface area contributed by atoms with Crippen molar-refractivity contribution < 1.29 is 8.85 Å². The molecule has 0 aliphatic carbocycles. The lowest BCUT2D eigenvalue weighted by atomic mass is 10.1. The zero-order chi connectivity index (χ0) is 26.3. The maximum atomic E-state index is 6.55. The van der Waals surface area contributed by atoms with E-state index in [0.29, 0.717) is 22.3 Å². The van der Waals surface area contributed by atoms with Crippen molar-refractivity contribution in [2.75, 3.05) is 26.2 Å². The number of hydrogen-bond acceptors (Lipinski definition) is 4. The van der Waals surface area contributed by atoms with Crippen molar-refractivity contribution in [3.05, 3.63) is 35.9 Å². The normalized spacial score (nSPS) is 19.8. The summed E-state index contributed by atoms with van der Waals surface area (Å²) in [5, 5.41) is 4.03. The molecule has 0 atom stereocenters. The summed E-state index contributed by atoms with van der Waals surface area (Å²) in [4.78, 5) is 2.56. The molecular formula is C29H56N2O2Si2. The molecule has 2 aliphatic rings. The van der Waals surface area contributed by atoms with E-state index in [-0.39, 0.29) is 0 Å². The van der Waals surface area contributed by atoms with Gasteiger partial charge < -0.3 is 14.2 Å². The van der Waals surface area contributed by atoms with Crippen molar-refractivity contribution in [1.82, 2.24) is 10.2 Å². The van der Waals surface area contributed by atoms with Crippen molar-refractivity contribution in [2.24, 2.45) is 0 Å². The van der Waals surface area contributed by atoms with Gasteiger partial charge in [0.2, 0.25) is 0 Å². The molecule has 0 aromatic heterocycles. The van der Waals surface area contributed by atoms with Gasteiger partial charge in [-0.3, -0.25) is 4.90 Å². The summed E-state index contributed by atoms with van der Waals surface area (Å²) < 4.78 is 12.9. The Morgan fingerprint density at radius 2 is 1.17 bits per heavy atom. The Bertz CT molecular complexity index is 727. The topological polar surface area (TPSA) is 33.7 Å². The molecule has 2 heterocycles. The predicted octanol–water partition coefficient (Wildman–Crippen LogP) is 7.43. The van der Waals surface area contributed by atoms with Crippen molar-refractivity contribution >= 4 is 16.6 Å². The molecular weight excluding hydrogens is 465 g/mol. The van der Waals surface area contributed by atoms with E-state index in [0.717, 1.165) is 32.7 Å². The second-order valence-corrected chi connectivity index (χ2v) is 23.2. The first-order chi connectivity index (χ1) is 16.1. The molecule has 4 nitrogen and oxygen atoms in total. The van der Waals surface area contributed by atoms with E-state index in [2.05, 4.69) is 108 Å². The summed E-state index contributed by atoms with van der Waals surface area (Å²) in [6.07, 6.45) is 5.72. The second-order valence-electron chi connectivity index (χ2n) is 13.7. The highest BCUT2D eigenvalue weighted by Crippen LogP contribution is 2.39. The van der Waals surface area contributed by atoms with Crippen LogP contribution < -0.4 is 5.32 Å². The van der Waals surface area contributed by atoms with E-state index in [4.69, 9.17) is 8.85 Å². The summed E-state index contributed by atoms with van der Waals surface area (Å²) in [7, 11) is -3.13. The highest BCUT2D eigenvalue weighted by atomic mass is 28.4. The third kappa shape index (κ3) is 10.1. The van der Waals surface area contributed by atoms with Crippen molar-refractivity contribution in [1.29, 1.82) is 0 Å². The van der Waals surface area contributed by atoms with Crippen LogP contribution in [0.4, 0.5) is 0 Å². The Hall–Kier alpha value is -0.506. The quantitative estimate of drug-likeness (QED) is 0.395. The summed E-state index contributed by atoms with van der Waals surface area (Å²) in [6, 6.07) is 10.8. The van der Waals surface area contributed by atoms with Crippen LogP contribution >= 0.6 is 0 Å². The molecule has 0 saturated carbocycles. The highest BCUT2D eigenvalue weighted by molar-refractivity contribution is 6.74. The molecule has 1 N–H and O–H groups in total. The fraction of sp³-hybridized carbons (Fsp3) is 0.793. The third-order valence-corrected chi connectivity index (χ3v) is 17.7.